The number of nitrogens with one attached hydrogen (secondary N) is 2. The molecule has 3 nitrogen and oxygen atoms in total. The molecule has 0 aromatic heterocycles. The summed E-state index contributed by atoms with van der Waals surface area (Å²) >= 11 is 0. The molecule has 3 heteroatoms. The molecule has 0 fully saturated rings. The zero-order valence-electron chi connectivity index (χ0n) is 9.09. The summed E-state index contributed by atoms with van der Waals surface area (Å²) < 4.78 is 0. The first-order valence-corrected chi connectivity index (χ1v) is 4.67. The molecular weight excluding hydrogens is 174 g/mol. The van der Waals surface area contributed by atoms with Crippen molar-refractivity contribution < 1.29 is 0 Å². The highest BCUT2D eigenvalue weighted by Crippen LogP contribution is 2.00. The molecule has 0 spiro atoms. The second-order valence-electron chi connectivity index (χ2n) is 3.10. The van der Waals surface area contributed by atoms with E-state index in [1.807, 2.05) is 6.92 Å². The molecule has 0 saturated carbocycles. The molecule has 0 bridgehead atoms. The molecule has 0 saturated heterocycles. The smallest absolute Gasteiger partial charge is 0.185 e. The van der Waals surface area contributed by atoms with Gasteiger partial charge in [0.1, 0.15) is 0 Å². The van der Waals surface area contributed by atoms with Crippen LogP contribution in [0.4, 0.5) is 0 Å². The van der Waals surface area contributed by atoms with Gasteiger partial charge in [-0.15, -0.1) is 0 Å². The van der Waals surface area contributed by atoms with Crippen molar-refractivity contribution in [3.05, 3.63) is 35.4 Å². The first kappa shape index (κ1) is 12.5. The normalized spacial score (nSPS) is 8.50. The SMILES string of the molecule is CCNC(=N)N.Cc1cccc(C)c1. The Labute approximate surface area is 85.8 Å². The molecule has 0 amide bonds. The lowest BCUT2D eigenvalue weighted by molar-refractivity contribution is 0.945. The van der Waals surface area contributed by atoms with E-state index in [2.05, 4.69) is 43.4 Å². The molecule has 0 aliphatic rings. The largest absolute Gasteiger partial charge is 0.370 e. The molecule has 0 radical (unpaired) electrons. The Balaban J connectivity index is 0.000000255. The van der Waals surface area contributed by atoms with E-state index in [0.717, 1.165) is 6.54 Å². The first-order valence-electron chi connectivity index (χ1n) is 4.67. The van der Waals surface area contributed by atoms with Crippen molar-refractivity contribution in [1.29, 1.82) is 5.41 Å². The summed E-state index contributed by atoms with van der Waals surface area (Å²) in [6.45, 7) is 6.83. The molecule has 1 rings (SSSR count). The molecule has 0 atom stereocenters. The number of guanidine groups is 1. The van der Waals surface area contributed by atoms with Crippen LogP contribution in [0.5, 0.6) is 0 Å². The lowest BCUT2D eigenvalue weighted by Crippen LogP contribution is -2.29. The Morgan fingerprint density at radius 3 is 2.00 bits per heavy atom. The van der Waals surface area contributed by atoms with E-state index in [4.69, 9.17) is 11.1 Å². The summed E-state index contributed by atoms with van der Waals surface area (Å²) in [4.78, 5) is 0. The Morgan fingerprint density at radius 1 is 1.36 bits per heavy atom. The Hall–Kier alpha value is -1.51. The first-order chi connectivity index (χ1) is 6.56. The number of hydrogen-bond acceptors (Lipinski definition) is 1. The number of aryl methyl sites for hydroxylation is 2. The maximum Gasteiger partial charge on any atom is 0.185 e. The Morgan fingerprint density at radius 2 is 1.86 bits per heavy atom. The van der Waals surface area contributed by atoms with Gasteiger partial charge in [-0.1, -0.05) is 35.4 Å². The van der Waals surface area contributed by atoms with E-state index in [9.17, 15) is 0 Å². The predicted molar refractivity (Wildman–Crippen MR) is 61.5 cm³/mol. The van der Waals surface area contributed by atoms with Crippen LogP contribution in [-0.4, -0.2) is 12.5 Å². The second-order valence-corrected chi connectivity index (χ2v) is 3.10. The van der Waals surface area contributed by atoms with Crippen molar-refractivity contribution in [3.8, 4) is 0 Å². The molecule has 0 aliphatic carbocycles. The topological polar surface area (TPSA) is 61.9 Å². The van der Waals surface area contributed by atoms with E-state index < -0.39 is 0 Å². The number of nitrogens with two attached hydrogens (primary N) is 1. The minimum atomic E-state index is 0.0394. The Bertz CT molecular complexity index is 264. The van der Waals surface area contributed by atoms with Crippen LogP contribution in [0.25, 0.3) is 0 Å². The fourth-order valence-electron chi connectivity index (χ4n) is 0.997. The number of hydrogen-bond donors (Lipinski definition) is 3. The average Bonchev–Trinajstić information content (AvgIpc) is 2.03. The summed E-state index contributed by atoms with van der Waals surface area (Å²) in [7, 11) is 0. The molecule has 1 aromatic carbocycles. The van der Waals surface area contributed by atoms with E-state index in [0.29, 0.717) is 0 Å². The van der Waals surface area contributed by atoms with Gasteiger partial charge in [0.2, 0.25) is 0 Å². The summed E-state index contributed by atoms with van der Waals surface area (Å²) in [6.07, 6.45) is 0. The summed E-state index contributed by atoms with van der Waals surface area (Å²) in [5.41, 5.74) is 7.55. The average molecular weight is 193 g/mol. The van der Waals surface area contributed by atoms with E-state index >= 15 is 0 Å². The summed E-state index contributed by atoms with van der Waals surface area (Å²) in [5.74, 6) is 0.0394. The maximum atomic E-state index is 6.56. The fraction of sp³-hybridized carbons (Fsp3) is 0.364. The highest BCUT2D eigenvalue weighted by molar-refractivity contribution is 5.74. The highest BCUT2D eigenvalue weighted by Gasteiger charge is 1.80. The van der Waals surface area contributed by atoms with Gasteiger partial charge in [-0.3, -0.25) is 5.41 Å². The van der Waals surface area contributed by atoms with E-state index in [1.54, 1.807) is 0 Å². The minimum absolute atomic E-state index is 0.0394. The zero-order valence-corrected chi connectivity index (χ0v) is 9.09. The van der Waals surface area contributed by atoms with Gasteiger partial charge in [0.05, 0.1) is 0 Å². The molecule has 1 aromatic rings. The fourth-order valence-corrected chi connectivity index (χ4v) is 0.997. The van der Waals surface area contributed by atoms with Crippen molar-refractivity contribution in [3.63, 3.8) is 0 Å². The third-order valence-corrected chi connectivity index (χ3v) is 1.54. The van der Waals surface area contributed by atoms with Crippen LogP contribution >= 0.6 is 0 Å². The van der Waals surface area contributed by atoms with Crippen molar-refractivity contribution in [2.24, 2.45) is 5.73 Å². The third-order valence-electron chi connectivity index (χ3n) is 1.54. The molecule has 78 valence electrons. The third kappa shape index (κ3) is 7.16. The van der Waals surface area contributed by atoms with Crippen LogP contribution in [-0.2, 0) is 0 Å². The van der Waals surface area contributed by atoms with Crippen LogP contribution in [0.2, 0.25) is 0 Å². The second kappa shape index (κ2) is 6.95. The molecule has 0 aliphatic heterocycles. The standard InChI is InChI=1S/C8H10.C3H9N3/c1-7-4-3-5-8(2)6-7;1-2-6-3(4)5/h3-6H,1-2H3;2H2,1H3,(H4,4,5,6). The van der Waals surface area contributed by atoms with Crippen LogP contribution in [0.1, 0.15) is 18.1 Å². The van der Waals surface area contributed by atoms with Crippen LogP contribution in [0, 0.1) is 19.3 Å². The zero-order chi connectivity index (χ0) is 11.0. The van der Waals surface area contributed by atoms with Crippen LogP contribution in [0.15, 0.2) is 24.3 Å². The van der Waals surface area contributed by atoms with Gasteiger partial charge in [0, 0.05) is 6.54 Å². The lowest BCUT2D eigenvalue weighted by atomic mass is 10.2. The van der Waals surface area contributed by atoms with Gasteiger partial charge in [-0.05, 0) is 20.8 Å². The highest BCUT2D eigenvalue weighted by atomic mass is 15.0. The Kier molecular flexibility index (Phi) is 6.20. The molecule has 14 heavy (non-hydrogen) atoms. The monoisotopic (exact) mass is 193 g/mol. The van der Waals surface area contributed by atoms with Gasteiger partial charge in [-0.25, -0.2) is 0 Å². The number of rotatable bonds is 1. The van der Waals surface area contributed by atoms with Gasteiger partial charge in [0.15, 0.2) is 5.96 Å². The van der Waals surface area contributed by atoms with E-state index in [-0.39, 0.29) is 5.96 Å². The van der Waals surface area contributed by atoms with Crippen LogP contribution < -0.4 is 11.1 Å². The summed E-state index contributed by atoms with van der Waals surface area (Å²) in [6, 6.07) is 8.45. The van der Waals surface area contributed by atoms with Gasteiger partial charge in [0.25, 0.3) is 0 Å². The molecule has 4 N–H and O–H groups in total. The minimum Gasteiger partial charge on any atom is -0.370 e. The van der Waals surface area contributed by atoms with Crippen LogP contribution in [0.3, 0.4) is 0 Å². The van der Waals surface area contributed by atoms with E-state index in [1.165, 1.54) is 11.1 Å². The summed E-state index contributed by atoms with van der Waals surface area (Å²) in [5, 5.41) is 9.13. The van der Waals surface area contributed by atoms with Gasteiger partial charge < -0.3 is 11.1 Å². The van der Waals surface area contributed by atoms with Gasteiger partial charge in [-0.2, -0.15) is 0 Å². The molecule has 0 heterocycles. The molecular formula is C11H19N3. The van der Waals surface area contributed by atoms with Crippen molar-refractivity contribution >= 4 is 5.96 Å². The lowest BCUT2D eigenvalue weighted by Gasteiger charge is -1.92. The molecule has 0 unspecified atom stereocenters. The number of benzene rings is 1. The maximum absolute atomic E-state index is 6.56. The van der Waals surface area contributed by atoms with Crippen molar-refractivity contribution in [2.45, 2.75) is 20.8 Å². The van der Waals surface area contributed by atoms with Crippen molar-refractivity contribution in [2.75, 3.05) is 6.54 Å². The van der Waals surface area contributed by atoms with Gasteiger partial charge >= 0.3 is 0 Å². The van der Waals surface area contributed by atoms with Crippen molar-refractivity contribution in [1.82, 2.24) is 5.32 Å². The predicted octanol–water partition coefficient (Wildman–Crippen LogP) is 1.79. The quantitative estimate of drug-likeness (QED) is 0.470.